The smallest absolute Gasteiger partial charge is 0.282 e. The van der Waals surface area contributed by atoms with Crippen LogP contribution in [0.3, 0.4) is 0 Å². The minimum absolute atomic E-state index is 0.0384. The maximum absolute atomic E-state index is 12.6. The molecule has 4 aliphatic rings. The summed E-state index contributed by atoms with van der Waals surface area (Å²) in [5.74, 6) is 3.04. The van der Waals surface area contributed by atoms with Gasteiger partial charge < -0.3 is 10.6 Å². The molecule has 25 heavy (non-hydrogen) atoms. The van der Waals surface area contributed by atoms with E-state index in [1.54, 1.807) is 0 Å². The standard InChI is InChI=1S/C22H32N2O/c1-14-5-4-6-20(7-14)24-21(25)15(2)23-16(3)22-11-17-8-18(12-22)10-19(9-17)13-22/h4-7,15-19,23H,8-13H2,1-3H3,(H,24,25)/p+1/t15-,16-,17?,18?,19?,22?/m0/s1. The quantitative estimate of drug-likeness (QED) is 0.846. The van der Waals surface area contributed by atoms with Gasteiger partial charge in [-0.25, -0.2) is 0 Å². The number of hydrogen-bond donors (Lipinski definition) is 2. The average Bonchev–Trinajstić information content (AvgIpc) is 2.53. The third kappa shape index (κ3) is 3.36. The van der Waals surface area contributed by atoms with Crippen molar-refractivity contribution in [2.45, 2.75) is 71.4 Å². The number of quaternary nitrogens is 1. The number of amides is 1. The summed E-state index contributed by atoms with van der Waals surface area (Å²) < 4.78 is 0. The highest BCUT2D eigenvalue weighted by Gasteiger charge is 2.54. The van der Waals surface area contributed by atoms with E-state index in [1.807, 2.05) is 18.2 Å². The van der Waals surface area contributed by atoms with E-state index in [0.717, 1.165) is 23.4 Å². The lowest BCUT2D eigenvalue weighted by molar-refractivity contribution is -0.718. The molecule has 0 saturated heterocycles. The summed E-state index contributed by atoms with van der Waals surface area (Å²) in [4.78, 5) is 12.6. The van der Waals surface area contributed by atoms with Gasteiger partial charge in [0, 0.05) is 11.1 Å². The first kappa shape index (κ1) is 17.1. The second-order valence-electron chi connectivity index (χ2n) is 9.41. The zero-order chi connectivity index (χ0) is 17.6. The van der Waals surface area contributed by atoms with Gasteiger partial charge >= 0.3 is 0 Å². The predicted octanol–water partition coefficient (Wildman–Crippen LogP) is 3.49. The van der Waals surface area contributed by atoms with E-state index in [1.165, 1.54) is 44.1 Å². The average molecular weight is 342 g/mol. The van der Waals surface area contributed by atoms with E-state index in [4.69, 9.17) is 0 Å². The number of aryl methyl sites for hydroxylation is 1. The van der Waals surface area contributed by atoms with Crippen molar-refractivity contribution in [3.8, 4) is 0 Å². The third-order valence-electron chi connectivity index (χ3n) is 7.33. The molecule has 5 rings (SSSR count). The molecule has 0 aromatic heterocycles. The Labute approximate surface area is 152 Å². The number of nitrogens with one attached hydrogen (secondary N) is 1. The first-order valence-electron chi connectivity index (χ1n) is 10.2. The predicted molar refractivity (Wildman–Crippen MR) is 101 cm³/mol. The number of benzene rings is 1. The number of hydrogen-bond acceptors (Lipinski definition) is 1. The van der Waals surface area contributed by atoms with Crippen molar-refractivity contribution in [3.63, 3.8) is 0 Å². The summed E-state index contributed by atoms with van der Waals surface area (Å²) in [5.41, 5.74) is 2.58. The highest BCUT2D eigenvalue weighted by atomic mass is 16.2. The van der Waals surface area contributed by atoms with Crippen LogP contribution in [-0.2, 0) is 4.79 Å². The molecule has 1 aromatic carbocycles. The van der Waals surface area contributed by atoms with Crippen LogP contribution in [0.4, 0.5) is 5.69 Å². The molecule has 3 N–H and O–H groups in total. The molecule has 2 atom stereocenters. The normalized spacial score (nSPS) is 35.4. The molecule has 0 unspecified atom stereocenters. The fourth-order valence-electron chi connectivity index (χ4n) is 6.44. The van der Waals surface area contributed by atoms with Gasteiger partial charge in [0.15, 0.2) is 6.04 Å². The third-order valence-corrected chi connectivity index (χ3v) is 7.33. The Kier molecular flexibility index (Phi) is 4.39. The maximum Gasteiger partial charge on any atom is 0.282 e. The van der Waals surface area contributed by atoms with E-state index >= 15 is 0 Å². The van der Waals surface area contributed by atoms with Crippen molar-refractivity contribution in [2.75, 3.05) is 5.32 Å². The summed E-state index contributed by atoms with van der Waals surface area (Å²) in [7, 11) is 0. The molecule has 1 amide bonds. The van der Waals surface area contributed by atoms with Crippen LogP contribution in [0.2, 0.25) is 0 Å². The summed E-state index contributed by atoms with van der Waals surface area (Å²) in [6.07, 6.45) is 8.66. The SMILES string of the molecule is Cc1cccc(NC(=O)[C@H](C)[NH2+][C@@H](C)C23CC4CC(CC(C4)C2)C3)c1. The minimum atomic E-state index is -0.0384. The number of anilines is 1. The van der Waals surface area contributed by atoms with Crippen LogP contribution >= 0.6 is 0 Å². The summed E-state index contributed by atoms with van der Waals surface area (Å²) in [6, 6.07) is 8.56. The van der Waals surface area contributed by atoms with Crippen molar-refractivity contribution in [3.05, 3.63) is 29.8 Å². The van der Waals surface area contributed by atoms with Crippen molar-refractivity contribution in [1.82, 2.24) is 0 Å². The van der Waals surface area contributed by atoms with E-state index in [-0.39, 0.29) is 11.9 Å². The van der Waals surface area contributed by atoms with Gasteiger partial charge in [-0.1, -0.05) is 12.1 Å². The molecular weight excluding hydrogens is 308 g/mol. The Morgan fingerprint density at radius 1 is 1.12 bits per heavy atom. The molecule has 4 bridgehead atoms. The Morgan fingerprint density at radius 2 is 1.72 bits per heavy atom. The molecule has 0 spiro atoms. The van der Waals surface area contributed by atoms with Crippen LogP contribution in [0, 0.1) is 30.1 Å². The second-order valence-corrected chi connectivity index (χ2v) is 9.41. The van der Waals surface area contributed by atoms with Gasteiger partial charge in [0.25, 0.3) is 5.91 Å². The molecule has 3 heteroatoms. The maximum atomic E-state index is 12.6. The number of nitrogens with two attached hydrogens (primary N) is 1. The summed E-state index contributed by atoms with van der Waals surface area (Å²) >= 11 is 0. The fraction of sp³-hybridized carbons (Fsp3) is 0.682. The minimum Gasteiger partial charge on any atom is -0.334 e. The van der Waals surface area contributed by atoms with Crippen LogP contribution in [0.15, 0.2) is 24.3 Å². The lowest BCUT2D eigenvalue weighted by Crippen LogP contribution is -2.98. The van der Waals surface area contributed by atoms with Crippen LogP contribution in [-0.4, -0.2) is 18.0 Å². The number of rotatable bonds is 5. The number of carbonyl (C=O) groups excluding carboxylic acids is 1. The zero-order valence-corrected chi connectivity index (χ0v) is 15.9. The Morgan fingerprint density at radius 3 is 2.28 bits per heavy atom. The van der Waals surface area contributed by atoms with E-state index in [9.17, 15) is 4.79 Å². The Bertz CT molecular complexity index is 618. The van der Waals surface area contributed by atoms with Gasteiger partial charge in [-0.3, -0.25) is 4.79 Å². The van der Waals surface area contributed by atoms with Crippen LogP contribution in [0.25, 0.3) is 0 Å². The molecule has 136 valence electrons. The highest BCUT2D eigenvalue weighted by Crippen LogP contribution is 2.60. The van der Waals surface area contributed by atoms with Gasteiger partial charge in [-0.05, 0) is 94.7 Å². The lowest BCUT2D eigenvalue weighted by Gasteiger charge is -2.58. The summed E-state index contributed by atoms with van der Waals surface area (Å²) in [6.45, 7) is 6.49. The zero-order valence-electron chi connectivity index (χ0n) is 15.9. The van der Waals surface area contributed by atoms with Crippen molar-refractivity contribution in [1.29, 1.82) is 0 Å². The van der Waals surface area contributed by atoms with Gasteiger partial charge in [-0.15, -0.1) is 0 Å². The van der Waals surface area contributed by atoms with E-state index < -0.39 is 0 Å². The molecule has 4 aliphatic carbocycles. The molecular formula is C22H33N2O+. The van der Waals surface area contributed by atoms with E-state index in [0.29, 0.717) is 11.5 Å². The van der Waals surface area contributed by atoms with Crippen LogP contribution in [0.1, 0.15) is 57.9 Å². The molecule has 0 radical (unpaired) electrons. The highest BCUT2D eigenvalue weighted by molar-refractivity contribution is 5.93. The number of carbonyl (C=O) groups is 1. The first-order valence-corrected chi connectivity index (χ1v) is 10.2. The monoisotopic (exact) mass is 341 g/mol. The second kappa shape index (κ2) is 6.42. The molecule has 1 aromatic rings. The molecule has 4 fully saturated rings. The van der Waals surface area contributed by atoms with Gasteiger partial charge in [-0.2, -0.15) is 0 Å². The van der Waals surface area contributed by atoms with Gasteiger partial charge in [0.2, 0.25) is 0 Å². The van der Waals surface area contributed by atoms with Crippen LogP contribution in [0.5, 0.6) is 0 Å². The molecule has 0 aliphatic heterocycles. The van der Waals surface area contributed by atoms with Gasteiger partial charge in [0.05, 0.1) is 6.04 Å². The van der Waals surface area contributed by atoms with Crippen molar-refractivity contribution >= 4 is 11.6 Å². The van der Waals surface area contributed by atoms with Gasteiger partial charge in [0.1, 0.15) is 0 Å². The van der Waals surface area contributed by atoms with Crippen molar-refractivity contribution < 1.29 is 10.1 Å². The Hall–Kier alpha value is -1.35. The first-order chi connectivity index (χ1) is 11.9. The van der Waals surface area contributed by atoms with Crippen LogP contribution < -0.4 is 10.6 Å². The molecule has 3 nitrogen and oxygen atoms in total. The lowest BCUT2D eigenvalue weighted by atomic mass is 9.48. The van der Waals surface area contributed by atoms with E-state index in [2.05, 4.69) is 37.5 Å². The topological polar surface area (TPSA) is 45.7 Å². The van der Waals surface area contributed by atoms with Crippen molar-refractivity contribution in [2.24, 2.45) is 23.2 Å². The fourth-order valence-corrected chi connectivity index (χ4v) is 6.44. The molecule has 4 saturated carbocycles. The Balaban J connectivity index is 1.38. The largest absolute Gasteiger partial charge is 0.334 e. The molecule has 0 heterocycles. The summed E-state index contributed by atoms with van der Waals surface area (Å²) in [5, 5.41) is 5.44.